The molecule has 0 spiro atoms. The average Bonchev–Trinajstić information content (AvgIpc) is 3.32. The van der Waals surface area contributed by atoms with Crippen LogP contribution in [0.2, 0.25) is 0 Å². The number of anilines is 3. The van der Waals surface area contributed by atoms with Gasteiger partial charge in [0.1, 0.15) is 0 Å². The van der Waals surface area contributed by atoms with Crippen LogP contribution in [0.3, 0.4) is 0 Å². The van der Waals surface area contributed by atoms with Gasteiger partial charge in [-0.1, -0.05) is 30.5 Å². The van der Waals surface area contributed by atoms with E-state index >= 15 is 0 Å². The van der Waals surface area contributed by atoms with Gasteiger partial charge in [-0.2, -0.15) is 8.42 Å². The molecular formula is C20H21N5O3S. The summed E-state index contributed by atoms with van der Waals surface area (Å²) in [6.07, 6.45) is 5.86. The number of nitrogens with one attached hydrogen (secondary N) is 1. The smallest absolute Gasteiger partial charge is 0.303 e. The normalized spacial score (nSPS) is 19.4. The lowest BCUT2D eigenvalue weighted by molar-refractivity contribution is -0.880. The molecule has 0 amide bonds. The van der Waals surface area contributed by atoms with E-state index in [2.05, 4.69) is 23.1 Å². The molecule has 4 heterocycles. The number of hydrogen-bond donors (Lipinski definition) is 1. The van der Waals surface area contributed by atoms with Crippen LogP contribution in [0, 0.1) is 6.20 Å². The van der Waals surface area contributed by atoms with Crippen LogP contribution in [0.25, 0.3) is 11.0 Å². The number of quaternary nitrogens is 1. The molecule has 0 bridgehead atoms. The fraction of sp³-hybridized carbons (Fsp3) is 0.250. The number of rotatable bonds is 3. The Balaban J connectivity index is 1.55. The Kier molecular flexibility index (Phi) is 4.21. The van der Waals surface area contributed by atoms with Gasteiger partial charge < -0.3 is 23.5 Å². The van der Waals surface area contributed by atoms with Crippen LogP contribution in [-0.2, 0) is 10.2 Å². The number of pyridine rings is 1. The lowest BCUT2D eigenvalue weighted by atomic mass is 10.2. The van der Waals surface area contributed by atoms with E-state index in [1.807, 2.05) is 12.1 Å². The predicted octanol–water partition coefficient (Wildman–Crippen LogP) is 1.01. The van der Waals surface area contributed by atoms with E-state index in [9.17, 15) is 8.42 Å². The molecule has 1 aromatic carbocycles. The van der Waals surface area contributed by atoms with Crippen molar-refractivity contribution >= 4 is 38.5 Å². The highest BCUT2D eigenvalue weighted by molar-refractivity contribution is 7.94. The quantitative estimate of drug-likeness (QED) is 0.651. The highest BCUT2D eigenvalue weighted by Crippen LogP contribution is 2.34. The second-order valence-corrected chi connectivity index (χ2v) is 8.90. The van der Waals surface area contributed by atoms with Crippen molar-refractivity contribution in [3.63, 3.8) is 0 Å². The van der Waals surface area contributed by atoms with Gasteiger partial charge in [-0.15, -0.1) is 6.20 Å². The van der Waals surface area contributed by atoms with Crippen molar-refractivity contribution in [2.75, 3.05) is 46.7 Å². The highest BCUT2D eigenvalue weighted by atomic mass is 32.2. The Morgan fingerprint density at radius 2 is 1.90 bits per heavy atom. The first-order valence-corrected chi connectivity index (χ1v) is 10.9. The Morgan fingerprint density at radius 3 is 2.66 bits per heavy atom. The minimum absolute atomic E-state index is 0.301. The van der Waals surface area contributed by atoms with Gasteiger partial charge >= 0.3 is 10.2 Å². The lowest BCUT2D eigenvalue weighted by Crippen LogP contribution is -3.12. The number of para-hydroxylation sites is 1. The molecular weight excluding hydrogens is 390 g/mol. The summed E-state index contributed by atoms with van der Waals surface area (Å²) < 4.78 is 34.3. The molecule has 0 saturated carbocycles. The SMILES string of the molecule is C[NH+]1CCN(c2nc(N3[C-]=CN(c4ccccc4)S3(=O)=O)cc3ccoc23)CC1. The average molecular weight is 411 g/mol. The van der Waals surface area contributed by atoms with Crippen LogP contribution in [0.15, 0.2) is 59.3 Å². The third-order valence-electron chi connectivity index (χ3n) is 5.31. The zero-order valence-corrected chi connectivity index (χ0v) is 16.8. The van der Waals surface area contributed by atoms with Crippen LogP contribution < -0.4 is 18.4 Å². The molecule has 2 aliphatic rings. The largest absolute Gasteiger partial charge is 0.461 e. The molecule has 9 heteroatoms. The van der Waals surface area contributed by atoms with Crippen LogP contribution in [-0.4, -0.2) is 46.6 Å². The summed E-state index contributed by atoms with van der Waals surface area (Å²) in [5.74, 6) is 0.972. The van der Waals surface area contributed by atoms with Gasteiger partial charge in [-0.3, -0.25) is 0 Å². The first-order valence-electron chi connectivity index (χ1n) is 9.48. The summed E-state index contributed by atoms with van der Waals surface area (Å²) in [4.78, 5) is 8.31. The third-order valence-corrected chi connectivity index (χ3v) is 6.88. The van der Waals surface area contributed by atoms with Crippen LogP contribution >= 0.6 is 0 Å². The molecule has 1 fully saturated rings. The van der Waals surface area contributed by atoms with E-state index in [1.165, 1.54) is 15.4 Å². The van der Waals surface area contributed by atoms with E-state index in [4.69, 9.17) is 4.42 Å². The van der Waals surface area contributed by atoms with E-state index in [-0.39, 0.29) is 0 Å². The van der Waals surface area contributed by atoms with Gasteiger partial charge in [-0.25, -0.2) is 4.31 Å². The Bertz CT molecular complexity index is 1170. The molecule has 5 rings (SSSR count). The van der Waals surface area contributed by atoms with Crippen molar-refractivity contribution in [3.8, 4) is 0 Å². The van der Waals surface area contributed by atoms with Gasteiger partial charge in [0.25, 0.3) is 0 Å². The minimum Gasteiger partial charge on any atom is -0.461 e. The molecule has 3 aromatic rings. The van der Waals surface area contributed by atoms with Crippen molar-refractivity contribution < 1.29 is 17.7 Å². The summed E-state index contributed by atoms with van der Waals surface area (Å²) in [6, 6.07) is 12.5. The Morgan fingerprint density at radius 1 is 1.14 bits per heavy atom. The number of furan rings is 1. The first-order chi connectivity index (χ1) is 14.0. The minimum atomic E-state index is -3.86. The topological polar surface area (TPSA) is 74.3 Å². The van der Waals surface area contributed by atoms with Crippen molar-refractivity contribution in [1.29, 1.82) is 0 Å². The number of piperazine rings is 1. The molecule has 0 atom stereocenters. The van der Waals surface area contributed by atoms with Gasteiger partial charge in [0.05, 0.1) is 45.2 Å². The summed E-state index contributed by atoms with van der Waals surface area (Å²) in [6.45, 7) is 3.65. The van der Waals surface area contributed by atoms with Crippen LogP contribution in [0.5, 0.6) is 0 Å². The third kappa shape index (κ3) is 3.02. The predicted molar refractivity (Wildman–Crippen MR) is 111 cm³/mol. The number of likely N-dealkylation sites (N-methyl/N-ethyl adjacent to an activating group) is 1. The van der Waals surface area contributed by atoms with Crippen molar-refractivity contribution in [3.05, 3.63) is 61.1 Å². The van der Waals surface area contributed by atoms with E-state index in [1.54, 1.807) is 36.6 Å². The van der Waals surface area contributed by atoms with Crippen LogP contribution in [0.1, 0.15) is 0 Å². The molecule has 29 heavy (non-hydrogen) atoms. The maximum atomic E-state index is 13.2. The number of fused-ring (bicyclic) bond motifs is 1. The Labute approximate surface area is 169 Å². The van der Waals surface area contributed by atoms with Gasteiger partial charge in [0.15, 0.2) is 11.4 Å². The summed E-state index contributed by atoms with van der Waals surface area (Å²) in [5.41, 5.74) is 1.22. The molecule has 2 aliphatic heterocycles. The van der Waals surface area contributed by atoms with Crippen LogP contribution in [0.4, 0.5) is 17.3 Å². The molecule has 0 radical (unpaired) electrons. The lowest BCUT2D eigenvalue weighted by Gasteiger charge is -2.33. The summed E-state index contributed by atoms with van der Waals surface area (Å²) in [7, 11) is -1.69. The van der Waals surface area contributed by atoms with Crippen molar-refractivity contribution in [2.45, 2.75) is 0 Å². The fourth-order valence-corrected chi connectivity index (χ4v) is 4.91. The zero-order chi connectivity index (χ0) is 20.0. The summed E-state index contributed by atoms with van der Waals surface area (Å²) in [5, 5.41) is 0.812. The first kappa shape index (κ1) is 18.0. The molecule has 150 valence electrons. The summed E-state index contributed by atoms with van der Waals surface area (Å²) >= 11 is 0. The molecule has 0 aliphatic carbocycles. The number of aromatic nitrogens is 1. The molecule has 8 nitrogen and oxygen atoms in total. The molecule has 2 aromatic heterocycles. The molecule has 1 saturated heterocycles. The monoisotopic (exact) mass is 411 g/mol. The highest BCUT2D eigenvalue weighted by Gasteiger charge is 2.28. The Hall–Kier alpha value is -3.04. The van der Waals surface area contributed by atoms with Crippen molar-refractivity contribution in [1.82, 2.24) is 4.98 Å². The number of benzene rings is 1. The van der Waals surface area contributed by atoms with Gasteiger partial charge in [-0.05, 0) is 24.0 Å². The van der Waals surface area contributed by atoms with E-state index in [0.717, 1.165) is 35.9 Å². The standard InChI is InChI=1S/C20H20N5O3S/c1-22-8-10-23(11-9-22)20-19-16(7-14-28-19)15-18(21-20)25-13-12-24(29(25,26)27)17-5-3-2-4-6-17/h2-7,12,14-15H,8-11H2,1H3/q-1/p+1. The molecule has 0 unspecified atom stereocenters. The second kappa shape index (κ2) is 6.78. The van der Waals surface area contributed by atoms with Gasteiger partial charge in [0.2, 0.25) is 0 Å². The van der Waals surface area contributed by atoms with E-state index in [0.29, 0.717) is 22.9 Å². The number of nitrogens with zero attached hydrogens (tertiary/aromatic N) is 4. The zero-order valence-electron chi connectivity index (χ0n) is 15.9. The van der Waals surface area contributed by atoms with E-state index < -0.39 is 10.2 Å². The number of hydrogen-bond acceptors (Lipinski definition) is 5. The maximum absolute atomic E-state index is 13.2. The second-order valence-electron chi connectivity index (χ2n) is 7.25. The fourth-order valence-electron chi connectivity index (χ4n) is 3.66. The van der Waals surface area contributed by atoms with Gasteiger partial charge in [0, 0.05) is 5.39 Å². The molecule has 1 N–H and O–H groups in total. The van der Waals surface area contributed by atoms with Crippen molar-refractivity contribution in [2.24, 2.45) is 0 Å². The maximum Gasteiger partial charge on any atom is 0.303 e.